The van der Waals surface area contributed by atoms with Crippen LogP contribution in [0.2, 0.25) is 0 Å². The number of nitrogens with zero attached hydrogens (tertiary/aromatic N) is 2. The molecule has 3 aromatic heterocycles. The fraction of sp³-hybridized carbons (Fsp3) is 0.273. The number of thiophene rings is 1. The van der Waals surface area contributed by atoms with E-state index < -0.39 is 12.1 Å². The first kappa shape index (κ1) is 18.7. The van der Waals surface area contributed by atoms with E-state index in [1.54, 1.807) is 24.6 Å². The molecule has 0 fully saturated rings. The SMILES string of the molecule is Cc1c(C(=O)OC(C)C(=O)c2c[nH]c3ccccc23)sc2nc3n(c(=O)c12)CCC3. The number of ketones is 1. The summed E-state index contributed by atoms with van der Waals surface area (Å²) in [6.45, 7) is 3.95. The van der Waals surface area contributed by atoms with Gasteiger partial charge in [0.15, 0.2) is 6.10 Å². The topological polar surface area (TPSA) is 94.1 Å². The van der Waals surface area contributed by atoms with Gasteiger partial charge in [0.1, 0.15) is 15.5 Å². The molecule has 1 N–H and O–H groups in total. The minimum absolute atomic E-state index is 0.108. The Morgan fingerprint density at radius 1 is 1.30 bits per heavy atom. The van der Waals surface area contributed by atoms with Gasteiger partial charge in [-0.2, -0.15) is 0 Å². The predicted molar refractivity (Wildman–Crippen MR) is 114 cm³/mol. The Morgan fingerprint density at radius 3 is 2.93 bits per heavy atom. The molecule has 1 aromatic carbocycles. The first-order valence-electron chi connectivity index (χ1n) is 9.80. The fourth-order valence-corrected chi connectivity index (χ4v) is 5.11. The highest BCUT2D eigenvalue weighted by Crippen LogP contribution is 2.30. The number of aromatic nitrogens is 3. The number of carbonyl (C=O) groups is 2. The lowest BCUT2D eigenvalue weighted by atomic mass is 10.1. The maximum Gasteiger partial charge on any atom is 0.349 e. The second-order valence-electron chi connectivity index (χ2n) is 7.48. The summed E-state index contributed by atoms with van der Waals surface area (Å²) in [4.78, 5) is 47.0. The smallest absolute Gasteiger partial charge is 0.349 e. The largest absolute Gasteiger partial charge is 0.450 e. The van der Waals surface area contributed by atoms with Crippen LogP contribution in [0.3, 0.4) is 0 Å². The van der Waals surface area contributed by atoms with Gasteiger partial charge in [0.2, 0.25) is 5.78 Å². The minimum Gasteiger partial charge on any atom is -0.450 e. The second kappa shape index (κ2) is 6.91. The molecule has 7 nitrogen and oxygen atoms in total. The maximum absolute atomic E-state index is 12.9. The molecule has 30 heavy (non-hydrogen) atoms. The highest BCUT2D eigenvalue weighted by molar-refractivity contribution is 7.20. The Kier molecular flexibility index (Phi) is 4.32. The molecule has 0 spiro atoms. The van der Waals surface area contributed by atoms with E-state index in [2.05, 4.69) is 9.97 Å². The van der Waals surface area contributed by atoms with E-state index in [4.69, 9.17) is 4.74 Å². The van der Waals surface area contributed by atoms with Crippen molar-refractivity contribution in [3.05, 3.63) is 62.6 Å². The number of ether oxygens (including phenoxy) is 1. The summed E-state index contributed by atoms with van der Waals surface area (Å²) in [7, 11) is 0. The summed E-state index contributed by atoms with van der Waals surface area (Å²) < 4.78 is 7.17. The first-order valence-corrected chi connectivity index (χ1v) is 10.6. The zero-order valence-corrected chi connectivity index (χ0v) is 17.3. The third kappa shape index (κ3) is 2.79. The molecular weight excluding hydrogens is 402 g/mol. The molecule has 0 saturated heterocycles. The van der Waals surface area contributed by atoms with Gasteiger partial charge >= 0.3 is 5.97 Å². The summed E-state index contributed by atoms with van der Waals surface area (Å²) in [5.74, 6) is -0.131. The Bertz CT molecular complexity index is 1390. The van der Waals surface area contributed by atoms with E-state index >= 15 is 0 Å². The van der Waals surface area contributed by atoms with Crippen LogP contribution >= 0.6 is 11.3 Å². The lowest BCUT2D eigenvalue weighted by Crippen LogP contribution is -2.24. The van der Waals surface area contributed by atoms with E-state index in [-0.39, 0.29) is 11.3 Å². The number of Topliss-reactive ketones (excluding diaryl/α,β-unsaturated/α-hetero) is 1. The summed E-state index contributed by atoms with van der Waals surface area (Å²) in [5.41, 5.74) is 1.78. The van der Waals surface area contributed by atoms with Crippen LogP contribution in [0.15, 0.2) is 35.3 Å². The Labute approximate surface area is 175 Å². The van der Waals surface area contributed by atoms with Crippen LogP contribution < -0.4 is 5.56 Å². The quantitative estimate of drug-likeness (QED) is 0.401. The molecule has 1 unspecified atom stereocenters. The molecule has 1 atom stereocenters. The van der Waals surface area contributed by atoms with Gasteiger partial charge in [-0.05, 0) is 31.9 Å². The highest BCUT2D eigenvalue weighted by atomic mass is 32.1. The molecule has 4 aromatic rings. The van der Waals surface area contributed by atoms with Crippen LogP contribution in [0.4, 0.5) is 0 Å². The number of fused-ring (bicyclic) bond motifs is 3. The molecule has 0 aliphatic carbocycles. The van der Waals surface area contributed by atoms with Crippen LogP contribution in [0.1, 0.15) is 44.8 Å². The maximum atomic E-state index is 12.9. The number of esters is 1. The average molecular weight is 421 g/mol. The van der Waals surface area contributed by atoms with Crippen molar-refractivity contribution in [3.63, 3.8) is 0 Å². The minimum atomic E-state index is -0.958. The van der Waals surface area contributed by atoms with Crippen LogP contribution in [0.5, 0.6) is 0 Å². The number of nitrogens with one attached hydrogen (secondary N) is 1. The predicted octanol–water partition coefficient (Wildman–Crippen LogP) is 3.62. The molecule has 0 amide bonds. The molecule has 0 saturated carbocycles. The van der Waals surface area contributed by atoms with Crippen molar-refractivity contribution >= 4 is 44.2 Å². The van der Waals surface area contributed by atoms with Gasteiger partial charge in [0, 0.05) is 35.6 Å². The third-order valence-electron chi connectivity index (χ3n) is 5.60. The second-order valence-corrected chi connectivity index (χ2v) is 8.48. The summed E-state index contributed by atoms with van der Waals surface area (Å²) in [6.07, 6.45) is 2.34. The van der Waals surface area contributed by atoms with Crippen molar-refractivity contribution in [1.29, 1.82) is 0 Å². The van der Waals surface area contributed by atoms with E-state index in [1.807, 2.05) is 24.3 Å². The van der Waals surface area contributed by atoms with Crippen LogP contribution in [-0.4, -0.2) is 32.4 Å². The zero-order chi connectivity index (χ0) is 21.0. The van der Waals surface area contributed by atoms with E-state index in [9.17, 15) is 14.4 Å². The van der Waals surface area contributed by atoms with Crippen molar-refractivity contribution in [3.8, 4) is 0 Å². The number of hydrogen-bond donors (Lipinski definition) is 1. The van der Waals surface area contributed by atoms with Crippen molar-refractivity contribution in [1.82, 2.24) is 14.5 Å². The number of carbonyl (C=O) groups excluding carboxylic acids is 2. The Hall–Kier alpha value is -3.26. The van der Waals surface area contributed by atoms with E-state index in [0.29, 0.717) is 32.8 Å². The number of hydrogen-bond acceptors (Lipinski definition) is 6. The lowest BCUT2D eigenvalue weighted by Gasteiger charge is -2.11. The van der Waals surface area contributed by atoms with Gasteiger partial charge in [-0.15, -0.1) is 11.3 Å². The fourth-order valence-electron chi connectivity index (χ4n) is 4.03. The van der Waals surface area contributed by atoms with E-state index in [1.165, 1.54) is 0 Å². The summed E-state index contributed by atoms with van der Waals surface area (Å²) >= 11 is 1.15. The molecule has 0 bridgehead atoms. The summed E-state index contributed by atoms with van der Waals surface area (Å²) in [5, 5.41) is 1.25. The van der Waals surface area contributed by atoms with E-state index in [0.717, 1.165) is 40.9 Å². The molecular formula is C22H19N3O4S. The van der Waals surface area contributed by atoms with Crippen molar-refractivity contribution < 1.29 is 14.3 Å². The first-order chi connectivity index (χ1) is 14.5. The Balaban J connectivity index is 1.44. The monoisotopic (exact) mass is 421 g/mol. The standard InChI is InChI=1S/C22H19N3O4S/c1-11-17-20(24-16-8-5-9-25(16)21(17)27)30-19(11)22(28)29-12(2)18(26)14-10-23-15-7-4-3-6-13(14)15/h3-4,6-7,10,12,23H,5,8-9H2,1-2H3. The molecule has 4 heterocycles. The number of aromatic amines is 1. The lowest BCUT2D eigenvalue weighted by molar-refractivity contribution is 0.0323. The molecule has 0 radical (unpaired) electrons. The van der Waals surface area contributed by atoms with Gasteiger partial charge in [-0.25, -0.2) is 9.78 Å². The Morgan fingerprint density at radius 2 is 2.10 bits per heavy atom. The highest BCUT2D eigenvalue weighted by Gasteiger charge is 2.27. The third-order valence-corrected chi connectivity index (χ3v) is 6.77. The number of aryl methyl sites for hydroxylation is 2. The van der Waals surface area contributed by atoms with Crippen molar-refractivity contribution in [2.45, 2.75) is 39.3 Å². The normalized spacial score (nSPS) is 14.2. The molecule has 8 heteroatoms. The van der Waals surface area contributed by atoms with Gasteiger partial charge < -0.3 is 9.72 Å². The van der Waals surface area contributed by atoms with Crippen LogP contribution in [-0.2, 0) is 17.7 Å². The summed E-state index contributed by atoms with van der Waals surface area (Å²) in [6, 6.07) is 7.47. The molecule has 5 rings (SSSR count). The van der Waals surface area contributed by atoms with Crippen LogP contribution in [0.25, 0.3) is 21.1 Å². The number of rotatable bonds is 4. The zero-order valence-electron chi connectivity index (χ0n) is 16.5. The van der Waals surface area contributed by atoms with Gasteiger partial charge in [-0.1, -0.05) is 18.2 Å². The average Bonchev–Trinajstić information content (AvgIpc) is 3.44. The van der Waals surface area contributed by atoms with Crippen molar-refractivity contribution in [2.24, 2.45) is 0 Å². The number of benzene rings is 1. The van der Waals surface area contributed by atoms with Gasteiger partial charge in [-0.3, -0.25) is 14.2 Å². The molecule has 1 aliphatic rings. The molecule has 152 valence electrons. The van der Waals surface area contributed by atoms with Gasteiger partial charge in [0.05, 0.1) is 5.39 Å². The van der Waals surface area contributed by atoms with Gasteiger partial charge in [0.25, 0.3) is 5.56 Å². The number of para-hydroxylation sites is 1. The number of H-pyrrole nitrogens is 1. The molecule has 1 aliphatic heterocycles. The van der Waals surface area contributed by atoms with Crippen molar-refractivity contribution in [2.75, 3.05) is 0 Å². The van der Waals surface area contributed by atoms with Crippen LogP contribution in [0, 0.1) is 6.92 Å².